The molecule has 1 atom stereocenters. The van der Waals surface area contributed by atoms with E-state index in [0.29, 0.717) is 19.4 Å². The molecule has 0 aromatic heterocycles. The molecule has 0 bridgehead atoms. The lowest BCUT2D eigenvalue weighted by Gasteiger charge is -2.33. The van der Waals surface area contributed by atoms with E-state index >= 15 is 0 Å². The summed E-state index contributed by atoms with van der Waals surface area (Å²) in [5.41, 5.74) is -0.474. The molecule has 0 spiro atoms. The zero-order valence-corrected chi connectivity index (χ0v) is 13.3. The average Bonchev–Trinajstić information content (AvgIpc) is 2.45. The third-order valence-corrected chi connectivity index (χ3v) is 3.58. The second-order valence-electron chi connectivity index (χ2n) is 6.61. The zero-order chi connectivity index (χ0) is 16.3. The van der Waals surface area contributed by atoms with Crippen LogP contribution in [-0.4, -0.2) is 35.5 Å². The van der Waals surface area contributed by atoms with Gasteiger partial charge in [-0.3, -0.25) is 4.79 Å². The monoisotopic (exact) mass is 307 g/mol. The molecule has 1 fully saturated rings. The zero-order valence-electron chi connectivity index (χ0n) is 13.3. The van der Waals surface area contributed by atoms with Gasteiger partial charge in [0.25, 0.3) is 0 Å². The van der Waals surface area contributed by atoms with Crippen LogP contribution in [0.3, 0.4) is 0 Å². The molecule has 1 aromatic rings. The highest BCUT2D eigenvalue weighted by Crippen LogP contribution is 2.23. The van der Waals surface area contributed by atoms with Crippen LogP contribution < -0.4 is 0 Å². The Balaban J connectivity index is 2.06. The van der Waals surface area contributed by atoms with E-state index in [4.69, 9.17) is 4.74 Å². The van der Waals surface area contributed by atoms with E-state index in [2.05, 4.69) is 0 Å². The van der Waals surface area contributed by atoms with Gasteiger partial charge in [-0.2, -0.15) is 0 Å². The minimum Gasteiger partial charge on any atom is -0.444 e. The molecule has 1 aliphatic rings. The number of likely N-dealkylation sites (tertiary alicyclic amines) is 1. The predicted molar refractivity (Wildman–Crippen MR) is 81.3 cm³/mol. The number of Topliss-reactive ketones (excluding diaryl/α,β-unsaturated/α-hetero) is 1. The van der Waals surface area contributed by atoms with Crippen molar-refractivity contribution in [3.05, 3.63) is 35.6 Å². The summed E-state index contributed by atoms with van der Waals surface area (Å²) < 4.78 is 19.1. The van der Waals surface area contributed by atoms with Crippen LogP contribution >= 0.6 is 0 Å². The van der Waals surface area contributed by atoms with Gasteiger partial charge in [0.15, 0.2) is 5.78 Å². The predicted octanol–water partition coefficient (Wildman–Crippen LogP) is 3.66. The summed E-state index contributed by atoms with van der Waals surface area (Å²) in [6.45, 7) is 6.25. The molecule has 1 amide bonds. The summed E-state index contributed by atoms with van der Waals surface area (Å²) in [7, 11) is 0. The van der Waals surface area contributed by atoms with Gasteiger partial charge in [-0.1, -0.05) is 12.1 Å². The van der Waals surface area contributed by atoms with Crippen LogP contribution in [0.4, 0.5) is 9.18 Å². The number of amides is 1. The Hall–Kier alpha value is -1.91. The first-order valence-corrected chi connectivity index (χ1v) is 7.54. The van der Waals surface area contributed by atoms with Crippen molar-refractivity contribution in [2.24, 2.45) is 5.92 Å². The second-order valence-corrected chi connectivity index (χ2v) is 6.61. The van der Waals surface area contributed by atoms with Crippen molar-refractivity contribution in [1.29, 1.82) is 0 Å². The Bertz CT molecular complexity index is 565. The molecule has 1 heterocycles. The number of ether oxygens (including phenoxy) is 1. The molecule has 0 unspecified atom stereocenters. The average molecular weight is 307 g/mol. The maximum atomic E-state index is 13.7. The molecule has 22 heavy (non-hydrogen) atoms. The van der Waals surface area contributed by atoms with Gasteiger partial charge in [-0.05, 0) is 45.7 Å². The first-order valence-electron chi connectivity index (χ1n) is 7.54. The van der Waals surface area contributed by atoms with Crippen LogP contribution in [-0.2, 0) is 4.74 Å². The lowest BCUT2D eigenvalue weighted by Crippen LogP contribution is -2.44. The molecular formula is C17H22FNO3. The van der Waals surface area contributed by atoms with Crippen molar-refractivity contribution >= 4 is 11.9 Å². The number of benzene rings is 1. The van der Waals surface area contributed by atoms with Crippen molar-refractivity contribution in [1.82, 2.24) is 4.90 Å². The Morgan fingerprint density at radius 3 is 2.59 bits per heavy atom. The number of hydrogen-bond donors (Lipinski definition) is 0. The van der Waals surface area contributed by atoms with Crippen LogP contribution in [0.1, 0.15) is 44.0 Å². The summed E-state index contributed by atoms with van der Waals surface area (Å²) >= 11 is 0. The molecule has 0 aliphatic carbocycles. The number of ketones is 1. The summed E-state index contributed by atoms with van der Waals surface area (Å²) in [4.78, 5) is 26.1. The number of carbonyl (C=O) groups excluding carboxylic acids is 2. The number of hydrogen-bond acceptors (Lipinski definition) is 3. The summed E-state index contributed by atoms with van der Waals surface area (Å²) in [6, 6.07) is 5.97. The third kappa shape index (κ3) is 4.06. The van der Waals surface area contributed by atoms with E-state index in [1.54, 1.807) is 32.9 Å². The van der Waals surface area contributed by atoms with E-state index in [-0.39, 0.29) is 23.8 Å². The summed E-state index contributed by atoms with van der Waals surface area (Å²) in [5.74, 6) is -1.13. The fourth-order valence-electron chi connectivity index (χ4n) is 2.56. The first-order chi connectivity index (χ1) is 10.3. The Labute approximate surface area is 130 Å². The molecule has 120 valence electrons. The van der Waals surface area contributed by atoms with Gasteiger partial charge in [0.2, 0.25) is 0 Å². The SMILES string of the molecule is CC(C)(C)OC(=O)N1CCC[C@@H](C(=O)c2ccccc2F)C1. The van der Waals surface area contributed by atoms with E-state index in [0.717, 1.165) is 0 Å². The Morgan fingerprint density at radius 1 is 1.27 bits per heavy atom. The number of rotatable bonds is 2. The second kappa shape index (κ2) is 6.46. The lowest BCUT2D eigenvalue weighted by atomic mass is 9.90. The molecular weight excluding hydrogens is 285 g/mol. The topological polar surface area (TPSA) is 46.6 Å². The number of piperidine rings is 1. The molecule has 2 rings (SSSR count). The molecule has 1 aromatic carbocycles. The molecule has 1 saturated heterocycles. The van der Waals surface area contributed by atoms with Crippen LogP contribution in [0.2, 0.25) is 0 Å². The van der Waals surface area contributed by atoms with Crippen LogP contribution in [0.5, 0.6) is 0 Å². The van der Waals surface area contributed by atoms with Gasteiger partial charge in [-0.25, -0.2) is 9.18 Å². The maximum absolute atomic E-state index is 13.7. The Kier molecular flexibility index (Phi) is 4.84. The highest BCUT2D eigenvalue weighted by atomic mass is 19.1. The van der Waals surface area contributed by atoms with Gasteiger partial charge >= 0.3 is 6.09 Å². The van der Waals surface area contributed by atoms with Gasteiger partial charge < -0.3 is 9.64 Å². The number of halogens is 1. The third-order valence-electron chi connectivity index (χ3n) is 3.58. The van der Waals surface area contributed by atoms with Crippen molar-refractivity contribution in [3.63, 3.8) is 0 Å². The molecule has 5 heteroatoms. The van der Waals surface area contributed by atoms with Crippen molar-refractivity contribution in [2.75, 3.05) is 13.1 Å². The van der Waals surface area contributed by atoms with Crippen molar-refractivity contribution in [2.45, 2.75) is 39.2 Å². The van der Waals surface area contributed by atoms with E-state index in [9.17, 15) is 14.0 Å². The highest BCUT2D eigenvalue weighted by Gasteiger charge is 2.32. The molecule has 0 radical (unpaired) electrons. The molecule has 0 N–H and O–H groups in total. The quantitative estimate of drug-likeness (QED) is 0.783. The standard InChI is InChI=1S/C17H22FNO3/c1-17(2,3)22-16(21)19-10-6-7-12(11-19)15(20)13-8-4-5-9-14(13)18/h4-5,8-9,12H,6-7,10-11H2,1-3H3/t12-/m1/s1. The van der Waals surface area contributed by atoms with E-state index in [1.807, 2.05) is 0 Å². The minimum absolute atomic E-state index is 0.0959. The van der Waals surface area contributed by atoms with E-state index < -0.39 is 17.5 Å². The minimum atomic E-state index is -0.570. The summed E-state index contributed by atoms with van der Waals surface area (Å²) in [5, 5.41) is 0. The maximum Gasteiger partial charge on any atom is 0.410 e. The lowest BCUT2D eigenvalue weighted by molar-refractivity contribution is 0.0172. The molecule has 0 saturated carbocycles. The van der Waals surface area contributed by atoms with Gasteiger partial charge in [-0.15, -0.1) is 0 Å². The van der Waals surface area contributed by atoms with Crippen molar-refractivity contribution < 1.29 is 18.7 Å². The molecule has 4 nitrogen and oxygen atoms in total. The Morgan fingerprint density at radius 2 is 1.95 bits per heavy atom. The van der Waals surface area contributed by atoms with Crippen molar-refractivity contribution in [3.8, 4) is 0 Å². The fraction of sp³-hybridized carbons (Fsp3) is 0.529. The van der Waals surface area contributed by atoms with Crippen LogP contribution in [0.15, 0.2) is 24.3 Å². The van der Waals surface area contributed by atoms with Gasteiger partial charge in [0, 0.05) is 19.0 Å². The van der Waals surface area contributed by atoms with Crippen LogP contribution in [0, 0.1) is 11.7 Å². The van der Waals surface area contributed by atoms with Gasteiger partial charge in [0.1, 0.15) is 11.4 Å². The molecule has 1 aliphatic heterocycles. The summed E-state index contributed by atoms with van der Waals surface area (Å²) in [6.07, 6.45) is 0.954. The fourth-order valence-corrected chi connectivity index (χ4v) is 2.56. The first kappa shape index (κ1) is 16.5. The largest absolute Gasteiger partial charge is 0.444 e. The number of carbonyl (C=O) groups is 2. The van der Waals surface area contributed by atoms with Gasteiger partial charge in [0.05, 0.1) is 5.56 Å². The van der Waals surface area contributed by atoms with Crippen LogP contribution in [0.25, 0.3) is 0 Å². The highest BCUT2D eigenvalue weighted by molar-refractivity contribution is 5.98. The smallest absolute Gasteiger partial charge is 0.410 e. The van der Waals surface area contributed by atoms with E-state index in [1.165, 1.54) is 17.0 Å². The normalized spacial score (nSPS) is 18.9. The number of nitrogens with zero attached hydrogens (tertiary/aromatic N) is 1.